The number of carbonyl (C=O) groups excluding carboxylic acids is 1. The molecule has 0 spiro atoms. The molecule has 2 N–H and O–H groups in total. The van der Waals surface area contributed by atoms with E-state index in [9.17, 15) is 26.4 Å². The highest BCUT2D eigenvalue weighted by Crippen LogP contribution is 2.44. The number of amides is 1. The number of halogens is 3. The van der Waals surface area contributed by atoms with Crippen molar-refractivity contribution < 1.29 is 26.4 Å². The van der Waals surface area contributed by atoms with Crippen LogP contribution in [0.2, 0.25) is 0 Å². The number of sulfonamides is 1. The van der Waals surface area contributed by atoms with Crippen molar-refractivity contribution in [3.8, 4) is 10.6 Å². The summed E-state index contributed by atoms with van der Waals surface area (Å²) < 4.78 is 66.1. The predicted molar refractivity (Wildman–Crippen MR) is 128 cm³/mol. The molecule has 4 rings (SSSR count). The summed E-state index contributed by atoms with van der Waals surface area (Å²) in [5.41, 5.74) is 5.92. The molecule has 0 aliphatic carbocycles. The second-order valence-corrected chi connectivity index (χ2v) is 13.1. The van der Waals surface area contributed by atoms with Crippen LogP contribution < -0.4 is 5.73 Å². The molecule has 1 aromatic heterocycles. The maximum absolute atomic E-state index is 13.3. The van der Waals surface area contributed by atoms with E-state index in [2.05, 4.69) is 4.98 Å². The highest BCUT2D eigenvalue weighted by Gasteiger charge is 2.54. The smallest absolute Gasteiger partial charge is 0.336 e. The molecule has 1 aromatic carbocycles. The molecule has 0 radical (unpaired) electrons. The van der Waals surface area contributed by atoms with Gasteiger partial charge in [0.15, 0.2) is 0 Å². The fourth-order valence-electron chi connectivity index (χ4n) is 4.91. The second kappa shape index (κ2) is 8.82. The normalized spacial score (nSPS) is 24.6. The summed E-state index contributed by atoms with van der Waals surface area (Å²) >= 11 is 1.20. The zero-order valence-corrected chi connectivity index (χ0v) is 21.5. The van der Waals surface area contributed by atoms with Crippen molar-refractivity contribution in [3.63, 3.8) is 0 Å². The van der Waals surface area contributed by atoms with Gasteiger partial charge in [0, 0.05) is 36.0 Å². The van der Waals surface area contributed by atoms with Gasteiger partial charge in [0.25, 0.3) is 0 Å². The van der Waals surface area contributed by atoms with Crippen molar-refractivity contribution >= 4 is 27.3 Å². The van der Waals surface area contributed by atoms with E-state index in [0.29, 0.717) is 29.2 Å². The van der Waals surface area contributed by atoms with Crippen molar-refractivity contribution in [2.75, 3.05) is 19.3 Å². The summed E-state index contributed by atoms with van der Waals surface area (Å²) in [4.78, 5) is 19.6. The number of alkyl halides is 3. The van der Waals surface area contributed by atoms with E-state index in [4.69, 9.17) is 5.73 Å². The Bertz CT molecular complexity index is 1220. The summed E-state index contributed by atoms with van der Waals surface area (Å²) in [5.74, 6) is -0.650. The Morgan fingerprint density at radius 3 is 2.54 bits per heavy atom. The molecule has 0 bridgehead atoms. The molecule has 35 heavy (non-hydrogen) atoms. The molecular weight excluding hydrogens is 501 g/mol. The van der Waals surface area contributed by atoms with Gasteiger partial charge in [-0.1, -0.05) is 32.9 Å². The number of carbonyl (C=O) groups is 1. The Hall–Kier alpha value is -2.02. The van der Waals surface area contributed by atoms with E-state index in [0.717, 1.165) is 18.4 Å². The van der Waals surface area contributed by atoms with Crippen LogP contribution in [0.3, 0.4) is 0 Å². The number of rotatable bonds is 4. The first-order valence-electron chi connectivity index (χ1n) is 11.2. The number of nitrogens with zero attached hydrogens (tertiary/aromatic N) is 3. The number of thiazole rings is 1. The fraction of sp³-hybridized carbons (Fsp3) is 0.565. The standard InChI is InChI=1S/C23H29F3N4O3S2/c1-22(2,3)19(27)21(31)29-9-8-17-18(29)15(11-30(17)35(4,32)33)16-12-34-20(28-16)13-6-5-7-14(10-13)23(24,25)26/h5-7,10,12,15,17-19H,8-9,11,27H2,1-4H3/t15-,17-,18-,19?/m1/s1. The van der Waals surface area contributed by atoms with Gasteiger partial charge in [0.05, 0.1) is 29.6 Å². The number of hydrogen-bond acceptors (Lipinski definition) is 6. The molecule has 7 nitrogen and oxygen atoms in total. The molecule has 1 amide bonds. The topological polar surface area (TPSA) is 96.6 Å². The average molecular weight is 531 g/mol. The molecule has 2 saturated heterocycles. The largest absolute Gasteiger partial charge is 0.416 e. The van der Waals surface area contributed by atoms with Gasteiger partial charge in [-0.25, -0.2) is 13.4 Å². The summed E-state index contributed by atoms with van der Waals surface area (Å²) in [6.45, 7) is 6.15. The first kappa shape index (κ1) is 26.1. The monoisotopic (exact) mass is 530 g/mol. The summed E-state index contributed by atoms with van der Waals surface area (Å²) in [7, 11) is -3.55. The minimum Gasteiger partial charge on any atom is -0.336 e. The zero-order valence-electron chi connectivity index (χ0n) is 19.9. The highest BCUT2D eigenvalue weighted by molar-refractivity contribution is 7.88. The van der Waals surface area contributed by atoms with Gasteiger partial charge in [-0.15, -0.1) is 11.3 Å². The maximum atomic E-state index is 13.3. The van der Waals surface area contributed by atoms with Crippen LogP contribution >= 0.6 is 11.3 Å². The van der Waals surface area contributed by atoms with Gasteiger partial charge in [-0.05, 0) is 24.0 Å². The summed E-state index contributed by atoms with van der Waals surface area (Å²) in [6, 6.07) is 3.35. The van der Waals surface area contributed by atoms with E-state index in [1.165, 1.54) is 21.7 Å². The number of benzene rings is 1. The third-order valence-corrected chi connectivity index (χ3v) is 9.01. The van der Waals surface area contributed by atoms with Crippen LogP contribution in [0.15, 0.2) is 29.6 Å². The maximum Gasteiger partial charge on any atom is 0.416 e. The number of aromatic nitrogens is 1. The molecule has 12 heteroatoms. The van der Waals surface area contributed by atoms with Gasteiger partial charge in [-0.3, -0.25) is 4.79 Å². The fourth-order valence-corrected chi connectivity index (χ4v) is 6.94. The Kier molecular flexibility index (Phi) is 6.57. The van der Waals surface area contributed by atoms with Crippen molar-refractivity contribution in [2.24, 2.45) is 11.1 Å². The van der Waals surface area contributed by atoms with Crippen LogP contribution in [0.1, 0.15) is 44.4 Å². The van der Waals surface area contributed by atoms with Gasteiger partial charge < -0.3 is 10.6 Å². The molecule has 4 atom stereocenters. The minimum atomic E-state index is -4.47. The van der Waals surface area contributed by atoms with Gasteiger partial charge >= 0.3 is 6.18 Å². The minimum absolute atomic E-state index is 0.147. The van der Waals surface area contributed by atoms with Crippen LogP contribution in [0, 0.1) is 5.41 Å². The van der Waals surface area contributed by atoms with Crippen LogP contribution in [0.5, 0.6) is 0 Å². The lowest BCUT2D eigenvalue weighted by atomic mass is 9.86. The Morgan fingerprint density at radius 1 is 1.26 bits per heavy atom. The Balaban J connectivity index is 1.70. The van der Waals surface area contributed by atoms with Crippen molar-refractivity contribution in [3.05, 3.63) is 40.9 Å². The lowest BCUT2D eigenvalue weighted by molar-refractivity contribution is -0.137. The lowest BCUT2D eigenvalue weighted by Gasteiger charge is -2.34. The Morgan fingerprint density at radius 2 is 1.94 bits per heavy atom. The molecule has 192 valence electrons. The quantitative estimate of drug-likeness (QED) is 0.653. The van der Waals surface area contributed by atoms with Crippen molar-refractivity contribution in [1.82, 2.24) is 14.2 Å². The van der Waals surface area contributed by atoms with E-state index < -0.39 is 51.2 Å². The third kappa shape index (κ3) is 4.98. The molecule has 2 aliphatic rings. The summed E-state index contributed by atoms with van der Waals surface area (Å²) in [5, 5.41) is 2.15. The first-order valence-corrected chi connectivity index (χ1v) is 14.0. The highest BCUT2D eigenvalue weighted by atomic mass is 32.2. The molecule has 2 fully saturated rings. The van der Waals surface area contributed by atoms with E-state index in [1.54, 1.807) is 16.3 Å². The zero-order chi connectivity index (χ0) is 25.9. The van der Waals surface area contributed by atoms with Crippen LogP contribution in [0.25, 0.3) is 10.6 Å². The lowest BCUT2D eigenvalue weighted by Crippen LogP contribution is -2.53. The average Bonchev–Trinajstić information content (AvgIpc) is 3.46. The van der Waals surface area contributed by atoms with Crippen LogP contribution in [0.4, 0.5) is 13.2 Å². The molecule has 1 unspecified atom stereocenters. The van der Waals surface area contributed by atoms with Crippen molar-refractivity contribution in [1.29, 1.82) is 0 Å². The van der Waals surface area contributed by atoms with Crippen molar-refractivity contribution in [2.45, 2.75) is 57.4 Å². The molecule has 3 heterocycles. The van der Waals surface area contributed by atoms with Gasteiger partial charge in [0.1, 0.15) is 5.01 Å². The predicted octanol–water partition coefficient (Wildman–Crippen LogP) is 3.53. The van der Waals surface area contributed by atoms with E-state index in [-0.39, 0.29) is 12.5 Å². The Labute approximate surface area is 207 Å². The SMILES string of the molecule is CC(C)(C)C(N)C(=O)N1CC[C@@H]2[C@H]1[C@@H](c1csc(-c3cccc(C(F)(F)F)c3)n1)CN2S(C)(=O)=O. The van der Waals surface area contributed by atoms with Gasteiger partial charge in [0.2, 0.25) is 15.9 Å². The van der Waals surface area contributed by atoms with Crippen LogP contribution in [-0.4, -0.2) is 66.0 Å². The van der Waals surface area contributed by atoms with E-state index in [1.807, 2.05) is 20.8 Å². The van der Waals surface area contributed by atoms with Crippen LogP contribution in [-0.2, 0) is 21.0 Å². The number of fused-ring (bicyclic) bond motifs is 1. The molecule has 2 aliphatic heterocycles. The molecular formula is C23H29F3N4O3S2. The second-order valence-electron chi connectivity index (χ2n) is 10.3. The first-order chi connectivity index (χ1) is 16.1. The third-order valence-electron chi connectivity index (χ3n) is 6.83. The number of hydrogen-bond donors (Lipinski definition) is 1. The number of likely N-dealkylation sites (tertiary alicyclic amines) is 1. The summed E-state index contributed by atoms with van der Waals surface area (Å²) in [6.07, 6.45) is -2.84. The van der Waals surface area contributed by atoms with Gasteiger partial charge in [-0.2, -0.15) is 17.5 Å². The van der Waals surface area contributed by atoms with E-state index >= 15 is 0 Å². The number of nitrogens with two attached hydrogens (primary N) is 1. The molecule has 2 aromatic rings. The molecule has 0 saturated carbocycles.